The number of likely N-dealkylation sites (N-methyl/N-ethyl adjacent to an activating group) is 1. The summed E-state index contributed by atoms with van der Waals surface area (Å²) in [6, 6.07) is 5.37. The Labute approximate surface area is 123 Å². The Morgan fingerprint density at radius 1 is 1.21 bits per heavy atom. The minimum Gasteiger partial charge on any atom is -0.337 e. The van der Waals surface area contributed by atoms with Gasteiger partial charge in [-0.1, -0.05) is 35.3 Å². The lowest BCUT2D eigenvalue weighted by atomic mass is 10.2. The summed E-state index contributed by atoms with van der Waals surface area (Å²) in [5.41, 5.74) is 0.761. The molecule has 1 fully saturated rings. The van der Waals surface area contributed by atoms with Gasteiger partial charge < -0.3 is 9.80 Å². The zero-order valence-corrected chi connectivity index (χ0v) is 12.3. The van der Waals surface area contributed by atoms with Crippen LogP contribution in [0.15, 0.2) is 24.3 Å². The first-order valence-corrected chi connectivity index (χ1v) is 6.93. The molecule has 1 aliphatic heterocycles. The summed E-state index contributed by atoms with van der Waals surface area (Å²) >= 11 is 12.0. The van der Waals surface area contributed by atoms with Crippen LogP contribution in [0.2, 0.25) is 10.0 Å². The molecule has 0 radical (unpaired) electrons. The number of piperazine rings is 1. The van der Waals surface area contributed by atoms with Crippen molar-refractivity contribution in [1.29, 1.82) is 0 Å². The molecule has 0 N–H and O–H groups in total. The number of halogens is 2. The molecule has 0 atom stereocenters. The van der Waals surface area contributed by atoms with E-state index in [-0.39, 0.29) is 5.91 Å². The molecule has 2 rings (SSSR count). The van der Waals surface area contributed by atoms with Crippen LogP contribution in [-0.4, -0.2) is 48.9 Å². The second-order valence-electron chi connectivity index (χ2n) is 4.60. The summed E-state index contributed by atoms with van der Waals surface area (Å²) in [7, 11) is 2.06. The molecule has 1 aliphatic rings. The van der Waals surface area contributed by atoms with E-state index in [9.17, 15) is 4.79 Å². The third kappa shape index (κ3) is 3.72. The van der Waals surface area contributed by atoms with Crippen molar-refractivity contribution < 1.29 is 4.79 Å². The van der Waals surface area contributed by atoms with E-state index in [2.05, 4.69) is 11.9 Å². The highest BCUT2D eigenvalue weighted by Crippen LogP contribution is 2.26. The molecule has 102 valence electrons. The van der Waals surface area contributed by atoms with Crippen LogP contribution in [0.1, 0.15) is 5.56 Å². The van der Waals surface area contributed by atoms with Crippen LogP contribution in [0.4, 0.5) is 0 Å². The maximum Gasteiger partial charge on any atom is 0.246 e. The van der Waals surface area contributed by atoms with Crippen LogP contribution in [-0.2, 0) is 4.79 Å². The maximum atomic E-state index is 12.0. The fourth-order valence-electron chi connectivity index (χ4n) is 1.94. The molecular weight excluding hydrogens is 283 g/mol. The van der Waals surface area contributed by atoms with E-state index in [0.717, 1.165) is 31.7 Å². The van der Waals surface area contributed by atoms with E-state index in [1.54, 1.807) is 18.2 Å². The van der Waals surface area contributed by atoms with Crippen molar-refractivity contribution in [2.45, 2.75) is 0 Å². The van der Waals surface area contributed by atoms with Crippen LogP contribution in [0.5, 0.6) is 0 Å². The minimum atomic E-state index is 0.0177. The van der Waals surface area contributed by atoms with Crippen molar-refractivity contribution in [1.82, 2.24) is 9.80 Å². The summed E-state index contributed by atoms with van der Waals surface area (Å²) in [5.74, 6) is 0.0177. The van der Waals surface area contributed by atoms with Crippen molar-refractivity contribution in [2.75, 3.05) is 33.2 Å². The third-order valence-electron chi connectivity index (χ3n) is 3.20. The van der Waals surface area contributed by atoms with Gasteiger partial charge in [0.2, 0.25) is 5.91 Å². The highest BCUT2D eigenvalue weighted by atomic mass is 35.5. The number of nitrogens with zero attached hydrogens (tertiary/aromatic N) is 2. The van der Waals surface area contributed by atoms with Gasteiger partial charge in [-0.15, -0.1) is 0 Å². The van der Waals surface area contributed by atoms with Crippen molar-refractivity contribution in [3.8, 4) is 0 Å². The minimum absolute atomic E-state index is 0.0177. The Kier molecular flexibility index (Phi) is 4.86. The van der Waals surface area contributed by atoms with Gasteiger partial charge in [0.15, 0.2) is 0 Å². The van der Waals surface area contributed by atoms with Gasteiger partial charge in [-0.25, -0.2) is 0 Å². The van der Waals surface area contributed by atoms with Crippen molar-refractivity contribution in [2.24, 2.45) is 0 Å². The largest absolute Gasteiger partial charge is 0.337 e. The van der Waals surface area contributed by atoms with E-state index in [1.807, 2.05) is 17.0 Å². The van der Waals surface area contributed by atoms with Gasteiger partial charge in [-0.3, -0.25) is 4.79 Å². The molecule has 0 bridgehead atoms. The lowest BCUT2D eigenvalue weighted by Crippen LogP contribution is -2.46. The smallest absolute Gasteiger partial charge is 0.246 e. The second kappa shape index (κ2) is 6.42. The van der Waals surface area contributed by atoms with E-state index in [1.165, 1.54) is 0 Å². The van der Waals surface area contributed by atoms with Gasteiger partial charge in [0, 0.05) is 32.3 Å². The van der Waals surface area contributed by atoms with Crippen LogP contribution in [0.25, 0.3) is 6.08 Å². The van der Waals surface area contributed by atoms with E-state index >= 15 is 0 Å². The predicted octanol–water partition coefficient (Wildman–Crippen LogP) is 2.78. The molecule has 1 saturated heterocycles. The Morgan fingerprint density at radius 3 is 2.58 bits per heavy atom. The summed E-state index contributed by atoms with van der Waals surface area (Å²) in [6.45, 7) is 3.36. The molecule has 3 nitrogen and oxygen atoms in total. The Morgan fingerprint density at radius 2 is 1.89 bits per heavy atom. The van der Waals surface area contributed by atoms with E-state index in [0.29, 0.717) is 10.0 Å². The number of hydrogen-bond acceptors (Lipinski definition) is 2. The molecule has 1 amide bonds. The molecular formula is C14H16Cl2N2O. The van der Waals surface area contributed by atoms with Crippen LogP contribution < -0.4 is 0 Å². The lowest BCUT2D eigenvalue weighted by Gasteiger charge is -2.31. The third-order valence-corrected chi connectivity index (χ3v) is 4.04. The Bertz CT molecular complexity index is 494. The highest BCUT2D eigenvalue weighted by molar-refractivity contribution is 6.42. The molecule has 0 saturated carbocycles. The fraction of sp³-hybridized carbons (Fsp3) is 0.357. The van der Waals surface area contributed by atoms with E-state index < -0.39 is 0 Å². The maximum absolute atomic E-state index is 12.0. The summed E-state index contributed by atoms with van der Waals surface area (Å²) in [6.07, 6.45) is 3.28. The second-order valence-corrected chi connectivity index (χ2v) is 5.39. The van der Waals surface area contributed by atoms with Gasteiger partial charge >= 0.3 is 0 Å². The molecule has 0 unspecified atom stereocenters. The first-order chi connectivity index (χ1) is 9.08. The van der Waals surface area contributed by atoms with Gasteiger partial charge in [-0.05, 0) is 24.8 Å². The summed E-state index contributed by atoms with van der Waals surface area (Å²) in [4.78, 5) is 16.1. The highest BCUT2D eigenvalue weighted by Gasteiger charge is 2.16. The number of carbonyl (C=O) groups excluding carboxylic acids is 1. The SMILES string of the molecule is CN1CCN(C(=O)/C=C\c2cccc(Cl)c2Cl)CC1. The van der Waals surface area contributed by atoms with Gasteiger partial charge in [-0.2, -0.15) is 0 Å². The first kappa shape index (κ1) is 14.4. The molecule has 0 aromatic heterocycles. The molecule has 0 spiro atoms. The normalized spacial score (nSPS) is 17.1. The number of rotatable bonds is 2. The van der Waals surface area contributed by atoms with Crippen LogP contribution >= 0.6 is 23.2 Å². The molecule has 1 heterocycles. The number of hydrogen-bond donors (Lipinski definition) is 0. The van der Waals surface area contributed by atoms with Crippen LogP contribution in [0.3, 0.4) is 0 Å². The average Bonchev–Trinajstić information content (AvgIpc) is 2.41. The topological polar surface area (TPSA) is 23.6 Å². The monoisotopic (exact) mass is 298 g/mol. The molecule has 0 aliphatic carbocycles. The van der Waals surface area contributed by atoms with Crippen molar-refractivity contribution >= 4 is 35.2 Å². The fourth-order valence-corrected chi connectivity index (χ4v) is 2.31. The Hall–Kier alpha value is -1.03. The summed E-state index contributed by atoms with van der Waals surface area (Å²) in [5, 5.41) is 0.974. The number of carbonyl (C=O) groups is 1. The van der Waals surface area contributed by atoms with Gasteiger partial charge in [0.05, 0.1) is 10.0 Å². The van der Waals surface area contributed by atoms with Crippen molar-refractivity contribution in [3.05, 3.63) is 39.9 Å². The molecule has 19 heavy (non-hydrogen) atoms. The lowest BCUT2D eigenvalue weighted by molar-refractivity contribution is -0.127. The Balaban J connectivity index is 2.02. The number of amides is 1. The first-order valence-electron chi connectivity index (χ1n) is 6.17. The molecule has 5 heteroatoms. The van der Waals surface area contributed by atoms with Gasteiger partial charge in [0.25, 0.3) is 0 Å². The average molecular weight is 299 g/mol. The zero-order valence-electron chi connectivity index (χ0n) is 10.8. The zero-order chi connectivity index (χ0) is 13.8. The van der Waals surface area contributed by atoms with Crippen molar-refractivity contribution in [3.63, 3.8) is 0 Å². The summed E-state index contributed by atoms with van der Waals surface area (Å²) < 4.78 is 0. The standard InChI is InChI=1S/C14H16Cl2N2O/c1-17-7-9-18(10-8-17)13(19)6-5-11-3-2-4-12(15)14(11)16/h2-6H,7-10H2,1H3/b6-5-. The van der Waals surface area contributed by atoms with Crippen LogP contribution in [0, 0.1) is 0 Å². The molecule has 1 aromatic carbocycles. The van der Waals surface area contributed by atoms with E-state index in [4.69, 9.17) is 23.2 Å². The number of benzene rings is 1. The van der Waals surface area contributed by atoms with Gasteiger partial charge in [0.1, 0.15) is 0 Å². The quantitative estimate of drug-likeness (QED) is 0.784. The predicted molar refractivity (Wildman–Crippen MR) is 79.6 cm³/mol. The molecule has 1 aromatic rings.